The topological polar surface area (TPSA) is 49.4 Å². The fraction of sp³-hybridized carbons (Fsp3) is 0.333. The zero-order chi connectivity index (χ0) is 16.8. The number of hydrogen-bond donors (Lipinski definition) is 1. The van der Waals surface area contributed by atoms with Gasteiger partial charge in [0.25, 0.3) is 5.91 Å². The maximum Gasteiger partial charge on any atom is 0.261 e. The lowest BCUT2D eigenvalue weighted by Gasteiger charge is -2.22. The molecule has 1 aromatic heterocycles. The lowest BCUT2D eigenvalue weighted by molar-refractivity contribution is -0.118. The van der Waals surface area contributed by atoms with Crippen molar-refractivity contribution in [1.82, 2.24) is 5.32 Å². The smallest absolute Gasteiger partial charge is 0.261 e. The third-order valence-electron chi connectivity index (χ3n) is 3.84. The fourth-order valence-electron chi connectivity index (χ4n) is 2.66. The molecule has 2 heterocycles. The summed E-state index contributed by atoms with van der Waals surface area (Å²) in [6.45, 7) is 1.29. The number of hydrogen-bond acceptors (Lipinski definition) is 4. The zero-order valence-electron chi connectivity index (χ0n) is 13.4. The first-order valence-electron chi connectivity index (χ1n) is 8.09. The Balaban J connectivity index is 1.51. The van der Waals surface area contributed by atoms with Gasteiger partial charge in [-0.15, -0.1) is 23.1 Å². The van der Waals surface area contributed by atoms with Gasteiger partial charge in [-0.25, -0.2) is 0 Å². The van der Waals surface area contributed by atoms with E-state index in [4.69, 9.17) is 0 Å². The highest BCUT2D eigenvalue weighted by atomic mass is 32.2. The highest BCUT2D eigenvalue weighted by molar-refractivity contribution is 7.99. The molecule has 0 bridgehead atoms. The van der Waals surface area contributed by atoms with Crippen LogP contribution in [0.1, 0.15) is 28.9 Å². The number of nitrogens with zero attached hydrogens (tertiary/aromatic N) is 1. The Hall–Kier alpha value is -1.79. The monoisotopic (exact) mass is 360 g/mol. The van der Waals surface area contributed by atoms with Crippen LogP contribution in [0.15, 0.2) is 46.7 Å². The largest absolute Gasteiger partial charge is 0.351 e. The summed E-state index contributed by atoms with van der Waals surface area (Å²) in [5.74, 6) is 1.11. The second-order valence-corrected chi connectivity index (χ2v) is 7.64. The van der Waals surface area contributed by atoms with Crippen LogP contribution in [0.4, 0.5) is 5.69 Å². The summed E-state index contributed by atoms with van der Waals surface area (Å²) in [7, 11) is 0. The molecule has 3 rings (SSSR count). The van der Waals surface area contributed by atoms with Gasteiger partial charge >= 0.3 is 0 Å². The maximum atomic E-state index is 12.6. The van der Waals surface area contributed by atoms with Gasteiger partial charge in [-0.05, 0) is 42.2 Å². The summed E-state index contributed by atoms with van der Waals surface area (Å²) in [5, 5.41) is 4.75. The molecule has 126 valence electrons. The van der Waals surface area contributed by atoms with Gasteiger partial charge in [0, 0.05) is 24.4 Å². The Morgan fingerprint density at radius 2 is 2.04 bits per heavy atom. The van der Waals surface area contributed by atoms with Crippen molar-refractivity contribution >= 4 is 40.6 Å². The number of para-hydroxylation sites is 1. The van der Waals surface area contributed by atoms with E-state index in [0.29, 0.717) is 24.3 Å². The number of carbonyl (C=O) groups excluding carboxylic acids is 2. The van der Waals surface area contributed by atoms with E-state index in [-0.39, 0.29) is 11.8 Å². The van der Waals surface area contributed by atoms with Crippen LogP contribution in [-0.4, -0.2) is 30.7 Å². The second-order valence-electron chi connectivity index (χ2n) is 5.55. The third kappa shape index (κ3) is 4.19. The van der Waals surface area contributed by atoms with E-state index in [0.717, 1.165) is 24.4 Å². The predicted octanol–water partition coefficient (Wildman–Crippen LogP) is 3.79. The van der Waals surface area contributed by atoms with Crippen LogP contribution in [-0.2, 0) is 4.79 Å². The highest BCUT2D eigenvalue weighted by Crippen LogP contribution is 2.33. The summed E-state index contributed by atoms with van der Waals surface area (Å²) in [6.07, 6.45) is 2.10. The lowest BCUT2D eigenvalue weighted by Crippen LogP contribution is -2.32. The Morgan fingerprint density at radius 1 is 1.17 bits per heavy atom. The molecule has 24 heavy (non-hydrogen) atoms. The Morgan fingerprint density at radius 3 is 2.88 bits per heavy atom. The predicted molar refractivity (Wildman–Crippen MR) is 100 cm³/mol. The molecule has 2 amide bonds. The molecule has 1 aliphatic rings. The molecule has 1 aromatic carbocycles. The molecule has 6 heteroatoms. The first-order valence-corrected chi connectivity index (χ1v) is 9.96. The van der Waals surface area contributed by atoms with E-state index in [1.54, 1.807) is 6.07 Å². The highest BCUT2D eigenvalue weighted by Gasteiger charge is 2.20. The number of fused-ring (bicyclic) bond motifs is 1. The van der Waals surface area contributed by atoms with Crippen molar-refractivity contribution in [2.75, 3.05) is 23.7 Å². The summed E-state index contributed by atoms with van der Waals surface area (Å²) >= 11 is 3.23. The Bertz CT molecular complexity index is 701. The van der Waals surface area contributed by atoms with Gasteiger partial charge in [-0.3, -0.25) is 9.59 Å². The molecule has 0 saturated carbocycles. The second kappa shape index (κ2) is 8.35. The maximum absolute atomic E-state index is 12.6. The van der Waals surface area contributed by atoms with Gasteiger partial charge in [-0.2, -0.15) is 0 Å². The van der Waals surface area contributed by atoms with Crippen molar-refractivity contribution in [3.8, 4) is 0 Å². The van der Waals surface area contributed by atoms with Crippen molar-refractivity contribution in [3.63, 3.8) is 0 Å². The summed E-state index contributed by atoms with van der Waals surface area (Å²) in [4.78, 5) is 28.2. The van der Waals surface area contributed by atoms with Crippen LogP contribution in [0, 0.1) is 0 Å². The van der Waals surface area contributed by atoms with E-state index in [1.807, 2.05) is 46.3 Å². The standard InChI is InChI=1S/C18H20N2O2S2/c21-17(9-3-10-19-18(22)16-8-4-12-24-16)20-11-5-13-23-15-7-2-1-6-14(15)20/h1-2,4,6-8,12H,3,5,9-11,13H2,(H,19,22). The van der Waals surface area contributed by atoms with Crippen molar-refractivity contribution in [1.29, 1.82) is 0 Å². The van der Waals surface area contributed by atoms with Crippen LogP contribution in [0.25, 0.3) is 0 Å². The van der Waals surface area contributed by atoms with Crippen molar-refractivity contribution in [2.24, 2.45) is 0 Å². The molecule has 4 nitrogen and oxygen atoms in total. The number of amides is 2. The minimum absolute atomic E-state index is 0.0611. The molecule has 0 saturated heterocycles. The Kier molecular flexibility index (Phi) is 5.93. The van der Waals surface area contributed by atoms with Crippen molar-refractivity contribution in [2.45, 2.75) is 24.2 Å². The number of thiophene rings is 1. The normalized spacial score (nSPS) is 13.9. The fourth-order valence-corrected chi connectivity index (χ4v) is 4.29. The van der Waals surface area contributed by atoms with Crippen molar-refractivity contribution in [3.05, 3.63) is 46.7 Å². The SMILES string of the molecule is O=C(NCCCC(=O)N1CCCSc2ccccc21)c1cccs1. The van der Waals surface area contributed by atoms with Gasteiger partial charge in [0.1, 0.15) is 0 Å². The minimum atomic E-state index is -0.0611. The summed E-state index contributed by atoms with van der Waals surface area (Å²) in [5.41, 5.74) is 1.02. The van der Waals surface area contributed by atoms with Crippen LogP contribution >= 0.6 is 23.1 Å². The third-order valence-corrected chi connectivity index (χ3v) is 5.86. The molecule has 0 fully saturated rings. The van der Waals surface area contributed by atoms with Crippen LogP contribution in [0.2, 0.25) is 0 Å². The molecule has 0 spiro atoms. The molecule has 0 aliphatic carbocycles. The van der Waals surface area contributed by atoms with Gasteiger partial charge < -0.3 is 10.2 Å². The van der Waals surface area contributed by atoms with Crippen LogP contribution < -0.4 is 10.2 Å². The van der Waals surface area contributed by atoms with E-state index in [2.05, 4.69) is 11.4 Å². The first kappa shape index (κ1) is 17.0. The molecule has 0 atom stereocenters. The number of rotatable bonds is 5. The van der Waals surface area contributed by atoms with Crippen LogP contribution in [0.3, 0.4) is 0 Å². The average molecular weight is 361 g/mol. The number of carbonyl (C=O) groups is 2. The lowest BCUT2D eigenvalue weighted by atomic mass is 10.2. The van der Waals surface area contributed by atoms with Crippen LogP contribution in [0.5, 0.6) is 0 Å². The molecule has 1 N–H and O–H groups in total. The van der Waals surface area contributed by atoms with Gasteiger partial charge in [0.15, 0.2) is 0 Å². The number of benzene rings is 1. The summed E-state index contributed by atoms with van der Waals surface area (Å²) in [6, 6.07) is 11.7. The van der Waals surface area contributed by atoms with Gasteiger partial charge in [0.2, 0.25) is 5.91 Å². The van der Waals surface area contributed by atoms with Gasteiger partial charge in [-0.1, -0.05) is 18.2 Å². The quantitative estimate of drug-likeness (QED) is 0.826. The number of nitrogens with one attached hydrogen (secondary N) is 1. The van der Waals surface area contributed by atoms with E-state index < -0.39 is 0 Å². The molecule has 0 unspecified atom stereocenters. The van der Waals surface area contributed by atoms with Gasteiger partial charge in [0.05, 0.1) is 10.6 Å². The molecular weight excluding hydrogens is 340 g/mol. The average Bonchev–Trinajstić information content (AvgIpc) is 3.05. The molecular formula is C18H20N2O2S2. The summed E-state index contributed by atoms with van der Waals surface area (Å²) < 4.78 is 0. The Labute approximate surface area is 150 Å². The number of anilines is 1. The van der Waals surface area contributed by atoms with Crippen molar-refractivity contribution < 1.29 is 9.59 Å². The van der Waals surface area contributed by atoms with E-state index >= 15 is 0 Å². The zero-order valence-corrected chi connectivity index (χ0v) is 15.0. The molecule has 1 aliphatic heterocycles. The minimum Gasteiger partial charge on any atom is -0.351 e. The number of thioether (sulfide) groups is 1. The first-order chi connectivity index (χ1) is 11.8. The molecule has 0 radical (unpaired) electrons. The van der Waals surface area contributed by atoms with E-state index in [1.165, 1.54) is 16.2 Å². The molecule has 2 aromatic rings. The van der Waals surface area contributed by atoms with E-state index in [9.17, 15) is 9.59 Å².